The van der Waals surface area contributed by atoms with Gasteiger partial charge in [-0.1, -0.05) is 17.7 Å². The number of ether oxygens (including phenoxy) is 1. The molecule has 0 saturated heterocycles. The molecule has 0 aliphatic heterocycles. The van der Waals surface area contributed by atoms with Crippen LogP contribution in [0.5, 0.6) is 11.6 Å². The highest BCUT2D eigenvalue weighted by Gasteiger charge is 2.07. The number of nitrogens with zero attached hydrogens (tertiary/aromatic N) is 3. The van der Waals surface area contributed by atoms with Gasteiger partial charge in [0.2, 0.25) is 5.88 Å². The number of nitrogens with one attached hydrogen (secondary N) is 1. The lowest BCUT2D eigenvalue weighted by atomic mass is 10.2. The summed E-state index contributed by atoms with van der Waals surface area (Å²) in [4.78, 5) is 20.6. The standard InChI is InChI=1S/C21H15ClN4O2/c22-16-5-3-4-15(12-16)21(27)25-17-6-8-18(9-7-17)28-20-13-19(23-14-24-20)26-10-1-2-11-26/h1-14H,(H,25,27). The molecule has 0 atom stereocenters. The summed E-state index contributed by atoms with van der Waals surface area (Å²) in [6, 6.07) is 19.4. The molecule has 0 radical (unpaired) electrons. The molecule has 1 N–H and O–H groups in total. The van der Waals surface area contributed by atoms with E-state index in [1.165, 1.54) is 6.33 Å². The zero-order valence-electron chi connectivity index (χ0n) is 14.6. The Hall–Kier alpha value is -3.64. The second kappa shape index (κ2) is 7.94. The SMILES string of the molecule is O=C(Nc1ccc(Oc2cc(-n3cccc3)ncn2)cc1)c1cccc(Cl)c1. The normalized spacial score (nSPS) is 10.5. The van der Waals surface area contributed by atoms with Crippen LogP contribution in [-0.2, 0) is 0 Å². The number of benzene rings is 2. The largest absolute Gasteiger partial charge is 0.439 e. The highest BCUT2D eigenvalue weighted by atomic mass is 35.5. The Kier molecular flexibility index (Phi) is 5.03. The van der Waals surface area contributed by atoms with Crippen LogP contribution in [0.25, 0.3) is 5.82 Å². The predicted molar refractivity (Wildman–Crippen MR) is 107 cm³/mol. The molecule has 0 unspecified atom stereocenters. The van der Waals surface area contributed by atoms with Crippen LogP contribution >= 0.6 is 11.6 Å². The molecule has 2 aromatic heterocycles. The van der Waals surface area contributed by atoms with Crippen LogP contribution in [0.3, 0.4) is 0 Å². The fourth-order valence-electron chi connectivity index (χ4n) is 2.57. The second-order valence-electron chi connectivity index (χ2n) is 5.90. The Bertz CT molecular complexity index is 1100. The molecule has 138 valence electrons. The van der Waals surface area contributed by atoms with Crippen molar-refractivity contribution in [3.8, 4) is 17.4 Å². The number of rotatable bonds is 5. The van der Waals surface area contributed by atoms with E-state index in [4.69, 9.17) is 16.3 Å². The van der Waals surface area contributed by atoms with Gasteiger partial charge in [0.25, 0.3) is 5.91 Å². The first-order valence-corrected chi connectivity index (χ1v) is 8.85. The molecule has 7 heteroatoms. The van der Waals surface area contributed by atoms with Crippen molar-refractivity contribution in [2.24, 2.45) is 0 Å². The number of anilines is 1. The maximum absolute atomic E-state index is 12.3. The molecule has 0 fully saturated rings. The molecule has 4 rings (SSSR count). The first-order chi connectivity index (χ1) is 13.7. The lowest BCUT2D eigenvalue weighted by Gasteiger charge is -2.09. The molecule has 2 aromatic carbocycles. The van der Waals surface area contributed by atoms with Crippen molar-refractivity contribution in [3.05, 3.63) is 96.0 Å². The van der Waals surface area contributed by atoms with Crippen molar-refractivity contribution in [2.45, 2.75) is 0 Å². The van der Waals surface area contributed by atoms with Crippen molar-refractivity contribution in [2.75, 3.05) is 5.32 Å². The molecule has 4 aromatic rings. The third kappa shape index (κ3) is 4.19. The highest BCUT2D eigenvalue weighted by Crippen LogP contribution is 2.23. The van der Waals surface area contributed by atoms with Gasteiger partial charge in [-0.2, -0.15) is 0 Å². The summed E-state index contributed by atoms with van der Waals surface area (Å²) in [7, 11) is 0. The van der Waals surface area contributed by atoms with Crippen molar-refractivity contribution >= 4 is 23.2 Å². The summed E-state index contributed by atoms with van der Waals surface area (Å²) >= 11 is 5.92. The number of halogens is 1. The number of hydrogen-bond acceptors (Lipinski definition) is 4. The van der Waals surface area contributed by atoms with Gasteiger partial charge in [-0.25, -0.2) is 9.97 Å². The van der Waals surface area contributed by atoms with Gasteiger partial charge in [-0.05, 0) is 54.6 Å². The Morgan fingerprint density at radius 1 is 0.964 bits per heavy atom. The minimum atomic E-state index is -0.233. The monoisotopic (exact) mass is 390 g/mol. The average Bonchev–Trinajstić information content (AvgIpc) is 3.25. The molecule has 28 heavy (non-hydrogen) atoms. The Balaban J connectivity index is 1.44. The molecular weight excluding hydrogens is 376 g/mol. The van der Waals surface area contributed by atoms with Crippen molar-refractivity contribution in [1.82, 2.24) is 14.5 Å². The van der Waals surface area contributed by atoms with E-state index in [1.807, 2.05) is 29.1 Å². The maximum atomic E-state index is 12.3. The number of hydrogen-bond donors (Lipinski definition) is 1. The van der Waals surface area contributed by atoms with E-state index < -0.39 is 0 Å². The lowest BCUT2D eigenvalue weighted by Crippen LogP contribution is -2.11. The third-order valence-corrected chi connectivity index (χ3v) is 4.15. The molecule has 6 nitrogen and oxygen atoms in total. The van der Waals surface area contributed by atoms with E-state index >= 15 is 0 Å². The first-order valence-electron chi connectivity index (χ1n) is 8.48. The molecule has 2 heterocycles. The molecule has 0 aliphatic rings. The number of carbonyl (C=O) groups excluding carboxylic acids is 1. The zero-order valence-corrected chi connectivity index (χ0v) is 15.4. The summed E-state index contributed by atoms with van der Waals surface area (Å²) in [5.41, 5.74) is 1.14. The minimum Gasteiger partial charge on any atom is -0.439 e. The predicted octanol–water partition coefficient (Wildman–Crippen LogP) is 4.97. The summed E-state index contributed by atoms with van der Waals surface area (Å²) in [6.07, 6.45) is 5.23. The van der Waals surface area contributed by atoms with Gasteiger partial charge in [-0.15, -0.1) is 0 Å². The molecule has 1 amide bonds. The van der Waals surface area contributed by atoms with Crippen LogP contribution in [0.15, 0.2) is 85.5 Å². The van der Waals surface area contributed by atoms with E-state index in [-0.39, 0.29) is 5.91 Å². The van der Waals surface area contributed by atoms with Gasteiger partial charge in [-0.3, -0.25) is 4.79 Å². The van der Waals surface area contributed by atoms with Crippen LogP contribution in [-0.4, -0.2) is 20.4 Å². The van der Waals surface area contributed by atoms with Gasteiger partial charge in [0.15, 0.2) is 0 Å². The topological polar surface area (TPSA) is 69.0 Å². The van der Waals surface area contributed by atoms with Gasteiger partial charge in [0, 0.05) is 34.7 Å². The Morgan fingerprint density at radius 2 is 1.75 bits per heavy atom. The maximum Gasteiger partial charge on any atom is 0.255 e. The zero-order chi connectivity index (χ0) is 19.3. The van der Waals surface area contributed by atoms with E-state index in [0.717, 1.165) is 0 Å². The van der Waals surface area contributed by atoms with Crippen molar-refractivity contribution in [3.63, 3.8) is 0 Å². The Morgan fingerprint density at radius 3 is 2.50 bits per heavy atom. The summed E-state index contributed by atoms with van der Waals surface area (Å²) < 4.78 is 7.65. The fourth-order valence-corrected chi connectivity index (χ4v) is 2.76. The van der Waals surface area contributed by atoms with Crippen LogP contribution in [0.1, 0.15) is 10.4 Å². The fraction of sp³-hybridized carbons (Fsp3) is 0. The van der Waals surface area contributed by atoms with Crippen LogP contribution in [0.4, 0.5) is 5.69 Å². The lowest BCUT2D eigenvalue weighted by molar-refractivity contribution is 0.102. The van der Waals surface area contributed by atoms with E-state index in [1.54, 1.807) is 54.6 Å². The minimum absolute atomic E-state index is 0.233. The van der Waals surface area contributed by atoms with Gasteiger partial charge in [0.05, 0.1) is 0 Å². The summed E-state index contributed by atoms with van der Waals surface area (Å²) in [6.45, 7) is 0. The summed E-state index contributed by atoms with van der Waals surface area (Å²) in [5, 5.41) is 3.34. The van der Waals surface area contributed by atoms with Crippen LogP contribution < -0.4 is 10.1 Å². The summed E-state index contributed by atoms with van der Waals surface area (Å²) in [5.74, 6) is 1.50. The van der Waals surface area contributed by atoms with Crippen molar-refractivity contribution in [1.29, 1.82) is 0 Å². The molecule has 0 bridgehead atoms. The van der Waals surface area contributed by atoms with E-state index in [2.05, 4.69) is 15.3 Å². The third-order valence-electron chi connectivity index (χ3n) is 3.92. The smallest absolute Gasteiger partial charge is 0.255 e. The number of aromatic nitrogens is 3. The molecule has 0 saturated carbocycles. The van der Waals surface area contributed by atoms with Gasteiger partial charge >= 0.3 is 0 Å². The first kappa shape index (κ1) is 17.8. The van der Waals surface area contributed by atoms with Crippen LogP contribution in [0, 0.1) is 0 Å². The van der Waals surface area contributed by atoms with Gasteiger partial charge < -0.3 is 14.6 Å². The molecular formula is C21H15ClN4O2. The second-order valence-corrected chi connectivity index (χ2v) is 6.33. The molecule has 0 spiro atoms. The molecule has 0 aliphatic carbocycles. The van der Waals surface area contributed by atoms with Crippen molar-refractivity contribution < 1.29 is 9.53 Å². The quantitative estimate of drug-likeness (QED) is 0.522. The number of amides is 1. The van der Waals surface area contributed by atoms with E-state index in [9.17, 15) is 4.79 Å². The highest BCUT2D eigenvalue weighted by molar-refractivity contribution is 6.31. The van der Waals surface area contributed by atoms with E-state index in [0.29, 0.717) is 33.7 Å². The average molecular weight is 391 g/mol. The number of carbonyl (C=O) groups is 1. The van der Waals surface area contributed by atoms with Crippen LogP contribution in [0.2, 0.25) is 5.02 Å². The van der Waals surface area contributed by atoms with Gasteiger partial charge in [0.1, 0.15) is 17.9 Å². The Labute approximate surface area is 166 Å².